The maximum absolute atomic E-state index is 5.52. The second kappa shape index (κ2) is 5.46. The van der Waals surface area contributed by atoms with Gasteiger partial charge in [0, 0.05) is 31.3 Å². The summed E-state index contributed by atoms with van der Waals surface area (Å²) in [5.74, 6) is 1.60. The largest absolute Gasteiger partial charge is 0.353 e. The Labute approximate surface area is 96.6 Å². The van der Waals surface area contributed by atoms with Crippen molar-refractivity contribution in [3.05, 3.63) is 18.2 Å². The van der Waals surface area contributed by atoms with E-state index in [0.717, 1.165) is 38.4 Å². The molecular formula is C12H20N2O2. The molecule has 0 amide bonds. The van der Waals surface area contributed by atoms with Crippen molar-refractivity contribution in [3.63, 3.8) is 0 Å². The van der Waals surface area contributed by atoms with Crippen molar-refractivity contribution in [1.29, 1.82) is 0 Å². The van der Waals surface area contributed by atoms with E-state index in [0.29, 0.717) is 5.92 Å². The van der Waals surface area contributed by atoms with Crippen LogP contribution in [0.2, 0.25) is 0 Å². The highest BCUT2D eigenvalue weighted by Gasteiger charge is 2.15. The second-order valence-electron chi connectivity index (χ2n) is 4.45. The Kier molecular flexibility index (Phi) is 3.96. The van der Waals surface area contributed by atoms with E-state index in [1.165, 1.54) is 0 Å². The predicted octanol–water partition coefficient (Wildman–Crippen LogP) is 2.16. The average Bonchev–Trinajstić information content (AvgIpc) is 2.76. The van der Waals surface area contributed by atoms with Gasteiger partial charge < -0.3 is 14.0 Å². The van der Waals surface area contributed by atoms with Gasteiger partial charge in [0.05, 0.1) is 13.2 Å². The molecule has 0 N–H and O–H groups in total. The van der Waals surface area contributed by atoms with Crippen LogP contribution in [-0.4, -0.2) is 29.1 Å². The van der Waals surface area contributed by atoms with Gasteiger partial charge in [0.25, 0.3) is 0 Å². The van der Waals surface area contributed by atoms with E-state index in [4.69, 9.17) is 9.47 Å². The van der Waals surface area contributed by atoms with Gasteiger partial charge in [0.15, 0.2) is 6.29 Å². The fourth-order valence-electron chi connectivity index (χ4n) is 1.96. The van der Waals surface area contributed by atoms with Crippen LogP contribution >= 0.6 is 0 Å². The van der Waals surface area contributed by atoms with Crippen molar-refractivity contribution in [2.75, 3.05) is 13.2 Å². The molecule has 0 saturated carbocycles. The van der Waals surface area contributed by atoms with Crippen LogP contribution in [-0.2, 0) is 16.0 Å². The number of hydrogen-bond donors (Lipinski definition) is 0. The first-order chi connectivity index (χ1) is 7.77. The molecule has 2 rings (SSSR count). The standard InChI is InChI=1S/C12H20N2O2/c1-10(2)12-13-5-7-14(12)6-4-11-15-8-3-9-16-11/h5,7,10-11H,3-4,6,8-9H2,1-2H3. The molecule has 4 nitrogen and oxygen atoms in total. The minimum absolute atomic E-state index is 0.0313. The zero-order valence-corrected chi connectivity index (χ0v) is 10.1. The maximum Gasteiger partial charge on any atom is 0.159 e. The molecule has 0 bridgehead atoms. The van der Waals surface area contributed by atoms with Gasteiger partial charge in [-0.25, -0.2) is 4.98 Å². The molecular weight excluding hydrogens is 204 g/mol. The number of rotatable bonds is 4. The summed E-state index contributed by atoms with van der Waals surface area (Å²) in [4.78, 5) is 4.36. The van der Waals surface area contributed by atoms with Gasteiger partial charge in [0.2, 0.25) is 0 Å². The highest BCUT2D eigenvalue weighted by Crippen LogP contribution is 2.14. The third-order valence-electron chi connectivity index (χ3n) is 2.77. The highest BCUT2D eigenvalue weighted by atomic mass is 16.7. The van der Waals surface area contributed by atoms with Gasteiger partial charge in [-0.1, -0.05) is 13.8 Å². The van der Waals surface area contributed by atoms with E-state index < -0.39 is 0 Å². The van der Waals surface area contributed by atoms with E-state index in [2.05, 4.69) is 23.4 Å². The zero-order valence-electron chi connectivity index (χ0n) is 10.1. The van der Waals surface area contributed by atoms with Crippen molar-refractivity contribution in [2.45, 2.75) is 45.4 Å². The number of nitrogens with zero attached hydrogens (tertiary/aromatic N) is 2. The van der Waals surface area contributed by atoms with Gasteiger partial charge in [-0.2, -0.15) is 0 Å². The van der Waals surface area contributed by atoms with E-state index in [1.807, 2.05) is 12.4 Å². The topological polar surface area (TPSA) is 36.3 Å². The van der Waals surface area contributed by atoms with Crippen LogP contribution in [0.3, 0.4) is 0 Å². The molecule has 0 aromatic carbocycles. The van der Waals surface area contributed by atoms with Gasteiger partial charge >= 0.3 is 0 Å². The van der Waals surface area contributed by atoms with Crippen LogP contribution in [0.1, 0.15) is 38.4 Å². The molecule has 0 radical (unpaired) electrons. The van der Waals surface area contributed by atoms with Crippen LogP contribution in [0, 0.1) is 0 Å². The fourth-order valence-corrected chi connectivity index (χ4v) is 1.96. The summed E-state index contributed by atoms with van der Waals surface area (Å²) in [5.41, 5.74) is 0. The average molecular weight is 224 g/mol. The van der Waals surface area contributed by atoms with Crippen molar-refractivity contribution in [2.24, 2.45) is 0 Å². The van der Waals surface area contributed by atoms with Crippen LogP contribution in [0.4, 0.5) is 0 Å². The summed E-state index contributed by atoms with van der Waals surface area (Å²) >= 11 is 0. The molecule has 4 heteroatoms. The number of hydrogen-bond acceptors (Lipinski definition) is 3. The molecule has 1 saturated heterocycles. The fraction of sp³-hybridized carbons (Fsp3) is 0.750. The Morgan fingerprint density at radius 3 is 2.88 bits per heavy atom. The third kappa shape index (κ3) is 2.83. The van der Waals surface area contributed by atoms with Crippen molar-refractivity contribution in [1.82, 2.24) is 9.55 Å². The number of imidazole rings is 1. The summed E-state index contributed by atoms with van der Waals surface area (Å²) in [5, 5.41) is 0. The Hall–Kier alpha value is -0.870. The lowest BCUT2D eigenvalue weighted by atomic mass is 10.2. The van der Waals surface area contributed by atoms with Crippen molar-refractivity contribution < 1.29 is 9.47 Å². The van der Waals surface area contributed by atoms with Gasteiger partial charge in [-0.15, -0.1) is 0 Å². The molecule has 0 spiro atoms. The molecule has 1 aromatic heterocycles. The molecule has 1 fully saturated rings. The van der Waals surface area contributed by atoms with Crippen LogP contribution in [0.25, 0.3) is 0 Å². The Bertz CT molecular complexity index is 317. The number of aromatic nitrogens is 2. The molecule has 1 aromatic rings. The summed E-state index contributed by atoms with van der Waals surface area (Å²) in [6.45, 7) is 6.88. The first-order valence-corrected chi connectivity index (χ1v) is 6.01. The molecule has 16 heavy (non-hydrogen) atoms. The minimum Gasteiger partial charge on any atom is -0.353 e. The number of ether oxygens (including phenoxy) is 2. The van der Waals surface area contributed by atoms with E-state index in [1.54, 1.807) is 0 Å². The lowest BCUT2D eigenvalue weighted by molar-refractivity contribution is -0.182. The Morgan fingerprint density at radius 1 is 1.44 bits per heavy atom. The van der Waals surface area contributed by atoms with E-state index in [9.17, 15) is 0 Å². The smallest absolute Gasteiger partial charge is 0.159 e. The number of aryl methyl sites for hydroxylation is 1. The molecule has 2 heterocycles. The SMILES string of the molecule is CC(C)c1nccn1CCC1OCCCO1. The van der Waals surface area contributed by atoms with Gasteiger partial charge in [-0.05, 0) is 6.42 Å². The summed E-state index contributed by atoms with van der Waals surface area (Å²) < 4.78 is 13.2. The highest BCUT2D eigenvalue weighted by molar-refractivity contribution is 4.97. The maximum atomic E-state index is 5.52. The van der Waals surface area contributed by atoms with Crippen LogP contribution in [0.5, 0.6) is 0 Å². The molecule has 1 aliphatic rings. The lowest BCUT2D eigenvalue weighted by Crippen LogP contribution is -2.26. The van der Waals surface area contributed by atoms with Gasteiger partial charge in [0.1, 0.15) is 5.82 Å². The van der Waals surface area contributed by atoms with Crippen molar-refractivity contribution >= 4 is 0 Å². The molecule has 0 aliphatic carbocycles. The monoisotopic (exact) mass is 224 g/mol. The first kappa shape index (κ1) is 11.6. The zero-order chi connectivity index (χ0) is 11.4. The summed E-state index contributed by atoms with van der Waals surface area (Å²) in [6, 6.07) is 0. The molecule has 1 aliphatic heterocycles. The summed E-state index contributed by atoms with van der Waals surface area (Å²) in [6.07, 6.45) is 5.77. The second-order valence-corrected chi connectivity index (χ2v) is 4.45. The molecule has 90 valence electrons. The Morgan fingerprint density at radius 2 is 2.19 bits per heavy atom. The first-order valence-electron chi connectivity index (χ1n) is 6.01. The molecule has 0 atom stereocenters. The third-order valence-corrected chi connectivity index (χ3v) is 2.77. The quantitative estimate of drug-likeness (QED) is 0.786. The predicted molar refractivity (Wildman–Crippen MR) is 61.2 cm³/mol. The Balaban J connectivity index is 1.86. The lowest BCUT2D eigenvalue weighted by Gasteiger charge is -2.23. The van der Waals surface area contributed by atoms with Crippen LogP contribution < -0.4 is 0 Å². The van der Waals surface area contributed by atoms with E-state index >= 15 is 0 Å². The normalized spacial score (nSPS) is 18.2. The van der Waals surface area contributed by atoms with E-state index in [-0.39, 0.29) is 6.29 Å². The summed E-state index contributed by atoms with van der Waals surface area (Å²) in [7, 11) is 0. The van der Waals surface area contributed by atoms with Gasteiger partial charge in [-0.3, -0.25) is 0 Å². The van der Waals surface area contributed by atoms with Crippen molar-refractivity contribution in [3.8, 4) is 0 Å². The molecule has 0 unspecified atom stereocenters. The minimum atomic E-state index is -0.0313. The van der Waals surface area contributed by atoms with Crippen LogP contribution in [0.15, 0.2) is 12.4 Å².